The van der Waals surface area contributed by atoms with Gasteiger partial charge in [0.05, 0.1) is 0 Å². The molecule has 3 aromatic rings. The average Bonchev–Trinajstić information content (AvgIpc) is 2.67. The molecule has 0 unspecified atom stereocenters. The average molecular weight is 348 g/mol. The molecule has 0 aliphatic heterocycles. The molecule has 132 valence electrons. The highest BCUT2D eigenvalue weighted by molar-refractivity contribution is 6.06. The lowest BCUT2D eigenvalue weighted by Crippen LogP contribution is -2.27. The van der Waals surface area contributed by atoms with E-state index in [9.17, 15) is 4.79 Å². The van der Waals surface area contributed by atoms with E-state index in [-0.39, 0.29) is 18.3 Å². The predicted molar refractivity (Wildman–Crippen MR) is 101 cm³/mol. The molecular weight excluding hydrogens is 328 g/mol. The second-order valence-electron chi connectivity index (χ2n) is 5.83. The summed E-state index contributed by atoms with van der Waals surface area (Å²) in [6.45, 7) is 2.23. The first-order valence-electron chi connectivity index (χ1n) is 8.26. The van der Waals surface area contributed by atoms with Crippen molar-refractivity contribution >= 4 is 22.5 Å². The summed E-state index contributed by atoms with van der Waals surface area (Å²) in [5, 5.41) is 8.51. The number of aromatic nitrogens is 1. The molecule has 0 aliphatic carbocycles. The van der Waals surface area contributed by atoms with Gasteiger partial charge in [-0.2, -0.15) is 0 Å². The molecule has 0 aliphatic rings. The number of hydrogen-bond donors (Lipinski definition) is 2. The first-order valence-corrected chi connectivity index (χ1v) is 8.26. The number of oxime groups is 1. The van der Waals surface area contributed by atoms with E-state index in [1.807, 2.05) is 61.5 Å². The number of rotatable bonds is 6. The minimum atomic E-state index is -0.268. The second kappa shape index (κ2) is 8.11. The molecule has 0 radical (unpaired) electrons. The van der Waals surface area contributed by atoms with E-state index in [2.05, 4.69) is 15.5 Å². The summed E-state index contributed by atoms with van der Waals surface area (Å²) in [5.41, 5.74) is 8.68. The van der Waals surface area contributed by atoms with E-state index in [0.29, 0.717) is 12.2 Å². The Hall–Kier alpha value is -3.41. The molecule has 1 amide bonds. The van der Waals surface area contributed by atoms with E-state index in [4.69, 9.17) is 10.6 Å². The van der Waals surface area contributed by atoms with Gasteiger partial charge in [0.25, 0.3) is 5.91 Å². The van der Waals surface area contributed by atoms with E-state index >= 15 is 0 Å². The topological polar surface area (TPSA) is 89.6 Å². The second-order valence-corrected chi connectivity index (χ2v) is 5.83. The van der Waals surface area contributed by atoms with Crippen molar-refractivity contribution in [2.24, 2.45) is 10.9 Å². The fourth-order valence-corrected chi connectivity index (χ4v) is 2.58. The zero-order chi connectivity index (χ0) is 18.4. The van der Waals surface area contributed by atoms with E-state index < -0.39 is 0 Å². The Labute approximate surface area is 151 Å². The van der Waals surface area contributed by atoms with Gasteiger partial charge in [-0.25, -0.2) is 0 Å². The van der Waals surface area contributed by atoms with Crippen molar-refractivity contribution in [3.63, 3.8) is 0 Å². The van der Waals surface area contributed by atoms with Gasteiger partial charge in [-0.15, -0.1) is 0 Å². The van der Waals surface area contributed by atoms with Gasteiger partial charge in [0.15, 0.2) is 12.4 Å². The number of nitrogens with two attached hydrogens (primary N) is 1. The molecule has 3 rings (SSSR count). The molecule has 6 heteroatoms. The number of aryl methyl sites for hydroxylation is 1. The number of hydrogen-bond acceptors (Lipinski definition) is 4. The summed E-state index contributed by atoms with van der Waals surface area (Å²) < 4.78 is 0. The molecule has 1 aromatic heterocycles. The minimum Gasteiger partial charge on any atom is -0.384 e. The van der Waals surface area contributed by atoms with Crippen LogP contribution in [0.3, 0.4) is 0 Å². The molecular formula is C20H20N4O2. The molecule has 0 saturated carbocycles. The van der Waals surface area contributed by atoms with E-state index in [1.54, 1.807) is 6.20 Å². The smallest absolute Gasteiger partial charge is 0.261 e. The van der Waals surface area contributed by atoms with Crippen LogP contribution in [-0.2, 0) is 16.2 Å². The lowest BCUT2D eigenvalue weighted by Gasteiger charge is -2.08. The van der Waals surface area contributed by atoms with Crippen molar-refractivity contribution < 1.29 is 9.63 Å². The van der Waals surface area contributed by atoms with Gasteiger partial charge in [-0.1, -0.05) is 53.7 Å². The number of nitrogens with one attached hydrogen (secondary N) is 1. The van der Waals surface area contributed by atoms with Crippen molar-refractivity contribution in [3.8, 4) is 0 Å². The van der Waals surface area contributed by atoms with Crippen LogP contribution in [0.1, 0.15) is 16.8 Å². The van der Waals surface area contributed by atoms with Crippen molar-refractivity contribution in [3.05, 3.63) is 77.6 Å². The molecule has 6 nitrogen and oxygen atoms in total. The normalized spacial score (nSPS) is 11.3. The summed E-state index contributed by atoms with van der Waals surface area (Å²) in [7, 11) is 0. The Kier molecular flexibility index (Phi) is 5.43. The van der Waals surface area contributed by atoms with Crippen molar-refractivity contribution in [2.75, 3.05) is 6.61 Å². The van der Waals surface area contributed by atoms with Crippen LogP contribution in [0.5, 0.6) is 0 Å². The maximum absolute atomic E-state index is 11.9. The number of carbonyl (C=O) groups excluding carboxylic acids is 1. The van der Waals surface area contributed by atoms with Gasteiger partial charge < -0.3 is 15.9 Å². The van der Waals surface area contributed by atoms with Gasteiger partial charge in [-0.3, -0.25) is 9.78 Å². The van der Waals surface area contributed by atoms with E-state index in [1.165, 1.54) is 0 Å². The molecule has 0 bridgehead atoms. The number of amidine groups is 1. The third kappa shape index (κ3) is 4.16. The minimum absolute atomic E-state index is 0.133. The molecule has 3 N–H and O–H groups in total. The number of carbonyl (C=O) groups is 1. The van der Waals surface area contributed by atoms with Crippen LogP contribution >= 0.6 is 0 Å². The van der Waals surface area contributed by atoms with E-state index in [0.717, 1.165) is 21.9 Å². The molecule has 0 saturated heterocycles. The maximum atomic E-state index is 11.9. The number of nitrogens with zero attached hydrogens (tertiary/aromatic N) is 2. The predicted octanol–water partition coefficient (Wildman–Crippen LogP) is 2.50. The van der Waals surface area contributed by atoms with Crippen LogP contribution in [0, 0.1) is 6.92 Å². The van der Waals surface area contributed by atoms with Crippen LogP contribution in [0.25, 0.3) is 10.8 Å². The Balaban J connectivity index is 1.57. The Morgan fingerprint density at radius 2 is 1.92 bits per heavy atom. The van der Waals surface area contributed by atoms with Crippen molar-refractivity contribution in [1.82, 2.24) is 10.3 Å². The van der Waals surface area contributed by atoms with Gasteiger partial charge >= 0.3 is 0 Å². The molecule has 2 aromatic carbocycles. The molecule has 26 heavy (non-hydrogen) atoms. The molecule has 0 spiro atoms. The van der Waals surface area contributed by atoms with Crippen LogP contribution in [0.2, 0.25) is 0 Å². The van der Waals surface area contributed by atoms with Gasteiger partial charge in [0, 0.05) is 18.1 Å². The summed E-state index contributed by atoms with van der Waals surface area (Å²) in [6, 6.07) is 17.5. The monoisotopic (exact) mass is 348 g/mol. The zero-order valence-corrected chi connectivity index (χ0v) is 14.5. The third-order valence-electron chi connectivity index (χ3n) is 4.01. The first-order chi connectivity index (χ1) is 12.6. The molecule has 1 heterocycles. The van der Waals surface area contributed by atoms with Crippen molar-refractivity contribution in [1.29, 1.82) is 0 Å². The Morgan fingerprint density at radius 1 is 1.15 bits per heavy atom. The fraction of sp³-hybridized carbons (Fsp3) is 0.150. The Morgan fingerprint density at radius 3 is 2.77 bits per heavy atom. The lowest BCUT2D eigenvalue weighted by molar-refractivity contribution is -0.125. The van der Waals surface area contributed by atoms with Gasteiger partial charge in [-0.05, 0) is 29.5 Å². The van der Waals surface area contributed by atoms with Crippen molar-refractivity contribution in [2.45, 2.75) is 13.5 Å². The highest BCUT2D eigenvalue weighted by atomic mass is 16.6. The summed E-state index contributed by atoms with van der Waals surface area (Å²) in [4.78, 5) is 21.2. The number of pyridine rings is 1. The SMILES string of the molecule is Cc1ccccc1CNC(=O)CON=C(N)c1nccc2ccccc12. The summed E-state index contributed by atoms with van der Waals surface area (Å²) in [5.74, 6) is -0.135. The lowest BCUT2D eigenvalue weighted by atomic mass is 10.1. The first kappa shape index (κ1) is 17.4. The van der Waals surface area contributed by atoms with Gasteiger partial charge in [0.2, 0.25) is 0 Å². The van der Waals surface area contributed by atoms with Gasteiger partial charge in [0.1, 0.15) is 5.69 Å². The third-order valence-corrected chi connectivity index (χ3v) is 4.01. The number of benzene rings is 2. The Bertz CT molecular complexity index is 948. The zero-order valence-electron chi connectivity index (χ0n) is 14.5. The molecule has 0 atom stereocenters. The van der Waals surface area contributed by atoms with Crippen LogP contribution in [0.15, 0.2) is 65.9 Å². The molecule has 0 fully saturated rings. The quantitative estimate of drug-likeness (QED) is 0.407. The van der Waals surface area contributed by atoms with Crippen LogP contribution in [-0.4, -0.2) is 23.3 Å². The van der Waals surface area contributed by atoms with Crippen LogP contribution in [0.4, 0.5) is 0 Å². The maximum Gasteiger partial charge on any atom is 0.261 e. The summed E-state index contributed by atoms with van der Waals surface area (Å²) in [6.07, 6.45) is 1.66. The highest BCUT2D eigenvalue weighted by Gasteiger charge is 2.08. The summed E-state index contributed by atoms with van der Waals surface area (Å²) >= 11 is 0. The fourth-order valence-electron chi connectivity index (χ4n) is 2.58. The highest BCUT2D eigenvalue weighted by Crippen LogP contribution is 2.15. The number of fused-ring (bicyclic) bond motifs is 1. The standard InChI is InChI=1S/C20H20N4O2/c1-14-6-2-3-8-16(14)12-23-18(25)13-26-24-20(21)19-17-9-5-4-7-15(17)10-11-22-19/h2-11H,12-13H2,1H3,(H2,21,24)(H,23,25). The largest absolute Gasteiger partial charge is 0.384 e. The van der Waals surface area contributed by atoms with Crippen LogP contribution < -0.4 is 11.1 Å². The number of amides is 1.